The topological polar surface area (TPSA) is 82.4 Å². The number of oxime groups is 1. The molecule has 1 aromatic carbocycles. The molecule has 0 amide bonds. The Morgan fingerprint density at radius 1 is 1.41 bits per heavy atom. The van der Waals surface area contributed by atoms with E-state index in [1.165, 1.54) is 12.1 Å². The zero-order valence-corrected chi connectivity index (χ0v) is 9.41. The summed E-state index contributed by atoms with van der Waals surface area (Å²) >= 11 is 1.05. The predicted molar refractivity (Wildman–Crippen MR) is 62.8 cm³/mol. The van der Waals surface area contributed by atoms with Gasteiger partial charge in [-0.3, -0.25) is 0 Å². The maximum Gasteiger partial charge on any atom is 0.131 e. The highest BCUT2D eigenvalue weighted by atomic mass is 32.2. The average molecular weight is 249 g/mol. The van der Waals surface area contributed by atoms with Gasteiger partial charge in [0.25, 0.3) is 0 Å². The van der Waals surface area contributed by atoms with Crippen LogP contribution in [0.3, 0.4) is 0 Å². The van der Waals surface area contributed by atoms with Crippen molar-refractivity contribution >= 4 is 16.8 Å². The van der Waals surface area contributed by atoms with E-state index in [9.17, 15) is 4.39 Å². The zero-order valence-electron chi connectivity index (χ0n) is 8.59. The summed E-state index contributed by atoms with van der Waals surface area (Å²) in [5.74, 6) is -0.868. The second-order valence-corrected chi connectivity index (χ2v) is 4.48. The normalized spacial score (nSPS) is 21.9. The number of hydrogen-bond donors (Lipinski definition) is 2. The number of nitriles is 1. The van der Waals surface area contributed by atoms with Crippen molar-refractivity contribution in [2.75, 3.05) is 0 Å². The average Bonchev–Trinajstić information content (AvgIpc) is 2.66. The number of halogens is 1. The van der Waals surface area contributed by atoms with E-state index in [0.717, 1.165) is 11.8 Å². The molecule has 86 valence electrons. The third-order valence-electron chi connectivity index (χ3n) is 2.44. The van der Waals surface area contributed by atoms with E-state index in [1.807, 2.05) is 6.07 Å². The van der Waals surface area contributed by atoms with Crippen molar-refractivity contribution in [3.8, 4) is 6.07 Å². The van der Waals surface area contributed by atoms with Gasteiger partial charge in [0.2, 0.25) is 0 Å². The van der Waals surface area contributed by atoms with E-state index >= 15 is 0 Å². The Labute approximate surface area is 101 Å². The number of thioether (sulfide) groups is 1. The van der Waals surface area contributed by atoms with Crippen LogP contribution in [0.1, 0.15) is 11.5 Å². The van der Waals surface area contributed by atoms with Crippen LogP contribution in [-0.4, -0.2) is 10.3 Å². The predicted octanol–water partition coefficient (Wildman–Crippen LogP) is 2.14. The Bertz CT molecular complexity index is 545. The maximum absolute atomic E-state index is 12.8. The second-order valence-electron chi connectivity index (χ2n) is 3.41. The van der Waals surface area contributed by atoms with Crippen LogP contribution < -0.4 is 5.73 Å². The van der Waals surface area contributed by atoms with Crippen molar-refractivity contribution in [1.29, 1.82) is 5.26 Å². The SMILES string of the molecule is N#CC1=C(N)SC(=NO)[C@@H]1c1ccc(F)cc1. The molecule has 0 saturated carbocycles. The molecular formula is C11H8FN3OS. The lowest BCUT2D eigenvalue weighted by atomic mass is 9.93. The Balaban J connectivity index is 2.49. The molecule has 1 heterocycles. The van der Waals surface area contributed by atoms with E-state index in [1.54, 1.807) is 12.1 Å². The van der Waals surface area contributed by atoms with E-state index < -0.39 is 5.92 Å². The highest BCUT2D eigenvalue weighted by molar-refractivity contribution is 8.17. The molecule has 0 saturated heterocycles. The van der Waals surface area contributed by atoms with Crippen LogP contribution in [0, 0.1) is 17.1 Å². The van der Waals surface area contributed by atoms with Gasteiger partial charge >= 0.3 is 0 Å². The summed E-state index contributed by atoms with van der Waals surface area (Å²) < 4.78 is 12.8. The van der Waals surface area contributed by atoms with Crippen molar-refractivity contribution in [3.05, 3.63) is 46.2 Å². The second kappa shape index (κ2) is 4.47. The number of nitrogens with zero attached hydrogens (tertiary/aromatic N) is 2. The van der Waals surface area contributed by atoms with Crippen molar-refractivity contribution in [2.24, 2.45) is 10.9 Å². The molecule has 0 unspecified atom stereocenters. The molecule has 4 nitrogen and oxygen atoms in total. The van der Waals surface area contributed by atoms with Gasteiger partial charge < -0.3 is 10.9 Å². The molecule has 0 aliphatic carbocycles. The summed E-state index contributed by atoms with van der Waals surface area (Å²) in [6.07, 6.45) is 0. The van der Waals surface area contributed by atoms with Gasteiger partial charge in [0.05, 0.1) is 22.6 Å². The Morgan fingerprint density at radius 3 is 2.59 bits per heavy atom. The van der Waals surface area contributed by atoms with Gasteiger partial charge in [-0.2, -0.15) is 5.26 Å². The summed E-state index contributed by atoms with van der Waals surface area (Å²) in [7, 11) is 0. The first-order valence-corrected chi connectivity index (χ1v) is 5.54. The van der Waals surface area contributed by atoms with E-state index in [4.69, 9.17) is 16.2 Å². The number of benzene rings is 1. The molecule has 0 radical (unpaired) electrons. The van der Waals surface area contributed by atoms with Gasteiger partial charge in [0, 0.05) is 0 Å². The van der Waals surface area contributed by atoms with E-state index in [-0.39, 0.29) is 5.82 Å². The summed E-state index contributed by atoms with van der Waals surface area (Å²) in [6.45, 7) is 0. The van der Waals surface area contributed by atoms with Gasteiger partial charge in [-0.15, -0.1) is 0 Å². The molecule has 1 aliphatic rings. The minimum absolute atomic E-state index is 0.314. The third kappa shape index (κ3) is 1.97. The minimum Gasteiger partial charge on any atom is -0.410 e. The fourth-order valence-electron chi connectivity index (χ4n) is 1.65. The van der Waals surface area contributed by atoms with Gasteiger partial charge in [-0.05, 0) is 17.7 Å². The Morgan fingerprint density at radius 2 is 2.06 bits per heavy atom. The standard InChI is InChI=1S/C11H8FN3OS/c12-7-3-1-6(2-4-7)9-8(5-13)10(14)17-11(9)15-16/h1-4,9,16H,14H2/t9-/m1/s1. The molecule has 2 rings (SSSR count). The first-order chi connectivity index (χ1) is 8.17. The molecule has 1 aliphatic heterocycles. The Kier molecular flexibility index (Phi) is 3.02. The van der Waals surface area contributed by atoms with Gasteiger partial charge in [0.1, 0.15) is 10.9 Å². The van der Waals surface area contributed by atoms with E-state index in [2.05, 4.69) is 5.16 Å². The number of rotatable bonds is 1. The molecule has 0 fully saturated rings. The summed E-state index contributed by atoms with van der Waals surface area (Å²) in [5.41, 5.74) is 6.67. The largest absolute Gasteiger partial charge is 0.410 e. The number of hydrogen-bond acceptors (Lipinski definition) is 5. The lowest BCUT2D eigenvalue weighted by Gasteiger charge is -2.09. The molecule has 3 N–H and O–H groups in total. The van der Waals surface area contributed by atoms with Crippen molar-refractivity contribution < 1.29 is 9.60 Å². The molecule has 0 spiro atoms. The molecule has 17 heavy (non-hydrogen) atoms. The number of nitrogens with two attached hydrogens (primary N) is 1. The van der Waals surface area contributed by atoms with Crippen LogP contribution in [0.15, 0.2) is 40.0 Å². The Hall–Kier alpha value is -2.00. The smallest absolute Gasteiger partial charge is 0.131 e. The van der Waals surface area contributed by atoms with Crippen molar-refractivity contribution in [2.45, 2.75) is 5.92 Å². The zero-order chi connectivity index (χ0) is 12.4. The van der Waals surface area contributed by atoms with E-state index in [0.29, 0.717) is 21.2 Å². The molecule has 0 bridgehead atoms. The lowest BCUT2D eigenvalue weighted by Crippen LogP contribution is -2.07. The summed E-state index contributed by atoms with van der Waals surface area (Å²) in [4.78, 5) is 0. The molecule has 1 atom stereocenters. The molecular weight excluding hydrogens is 241 g/mol. The van der Waals surface area contributed by atoms with Crippen LogP contribution in [0.2, 0.25) is 0 Å². The first kappa shape index (κ1) is 11.5. The summed E-state index contributed by atoms with van der Waals surface area (Å²) in [6, 6.07) is 7.66. The molecule has 0 aromatic heterocycles. The lowest BCUT2D eigenvalue weighted by molar-refractivity contribution is 0.319. The third-order valence-corrected chi connectivity index (χ3v) is 3.40. The first-order valence-electron chi connectivity index (χ1n) is 4.72. The summed E-state index contributed by atoms with van der Waals surface area (Å²) in [5, 5.41) is 21.7. The molecule has 1 aromatic rings. The highest BCUT2D eigenvalue weighted by Crippen LogP contribution is 2.41. The van der Waals surface area contributed by atoms with Crippen LogP contribution in [0.25, 0.3) is 0 Å². The fourth-order valence-corrected chi connectivity index (χ4v) is 2.57. The van der Waals surface area contributed by atoms with Gasteiger partial charge in [0.15, 0.2) is 0 Å². The van der Waals surface area contributed by atoms with Gasteiger partial charge in [-0.1, -0.05) is 29.1 Å². The monoisotopic (exact) mass is 249 g/mol. The van der Waals surface area contributed by atoms with Crippen molar-refractivity contribution in [1.82, 2.24) is 0 Å². The minimum atomic E-state index is -0.504. The fraction of sp³-hybridized carbons (Fsp3) is 0.0909. The highest BCUT2D eigenvalue weighted by Gasteiger charge is 2.33. The maximum atomic E-state index is 12.8. The van der Waals surface area contributed by atoms with Crippen LogP contribution in [0.5, 0.6) is 0 Å². The van der Waals surface area contributed by atoms with Crippen LogP contribution >= 0.6 is 11.8 Å². The van der Waals surface area contributed by atoms with Crippen LogP contribution in [-0.2, 0) is 0 Å². The quantitative estimate of drug-likeness (QED) is 0.590. The van der Waals surface area contributed by atoms with Crippen molar-refractivity contribution in [3.63, 3.8) is 0 Å². The van der Waals surface area contributed by atoms with Gasteiger partial charge in [-0.25, -0.2) is 4.39 Å². The van der Waals surface area contributed by atoms with Crippen LogP contribution in [0.4, 0.5) is 4.39 Å². The number of allylic oxidation sites excluding steroid dienone is 1. The molecule has 6 heteroatoms.